The monoisotopic (exact) mass is 753 g/mol. The van der Waals surface area contributed by atoms with Gasteiger partial charge in [0.2, 0.25) is 23.6 Å². The van der Waals surface area contributed by atoms with Crippen LogP contribution in [0.2, 0.25) is 0 Å². The molecule has 1 fully saturated rings. The van der Waals surface area contributed by atoms with Crippen molar-refractivity contribution in [2.24, 2.45) is 17.4 Å². The second kappa shape index (κ2) is 19.4. The van der Waals surface area contributed by atoms with E-state index in [4.69, 9.17) is 16.2 Å². The molecule has 0 aliphatic carbocycles. The van der Waals surface area contributed by atoms with E-state index in [2.05, 4.69) is 21.3 Å². The molecule has 2 aliphatic heterocycles. The fourth-order valence-corrected chi connectivity index (χ4v) is 7.33. The molecule has 1 saturated heterocycles. The van der Waals surface area contributed by atoms with E-state index in [1.807, 2.05) is 98.8 Å². The zero-order chi connectivity index (χ0) is 39.4. The summed E-state index contributed by atoms with van der Waals surface area (Å²) in [5, 5.41) is 11.5. The molecule has 3 aromatic rings. The number of fused-ring (bicyclic) bond motifs is 2. The van der Waals surface area contributed by atoms with Crippen LogP contribution in [0.1, 0.15) is 69.1 Å². The summed E-state index contributed by atoms with van der Waals surface area (Å²) < 4.78 is 5.85. The number of hydrogen-bond donors (Lipinski definition) is 6. The summed E-state index contributed by atoms with van der Waals surface area (Å²) in [5.74, 6) is -1.74. The molecule has 5 amide bonds. The first-order valence-electron chi connectivity index (χ1n) is 19.3. The van der Waals surface area contributed by atoms with Crippen molar-refractivity contribution in [3.05, 3.63) is 102 Å². The van der Waals surface area contributed by atoms with Crippen molar-refractivity contribution in [3.8, 4) is 0 Å². The highest BCUT2D eigenvalue weighted by atomic mass is 16.6. The lowest BCUT2D eigenvalue weighted by atomic mass is 9.82. The zero-order valence-corrected chi connectivity index (χ0v) is 31.8. The van der Waals surface area contributed by atoms with E-state index >= 15 is 0 Å². The van der Waals surface area contributed by atoms with Crippen LogP contribution in [0, 0.1) is 5.92 Å². The molecule has 13 nitrogen and oxygen atoms in total. The van der Waals surface area contributed by atoms with Crippen molar-refractivity contribution in [1.82, 2.24) is 20.9 Å². The van der Waals surface area contributed by atoms with Gasteiger partial charge in [-0.25, -0.2) is 4.79 Å². The minimum Gasteiger partial charge on any atom is -0.438 e. The molecule has 0 unspecified atom stereocenters. The smallest absolute Gasteiger partial charge is 0.412 e. The van der Waals surface area contributed by atoms with Gasteiger partial charge in [-0.2, -0.15) is 0 Å². The summed E-state index contributed by atoms with van der Waals surface area (Å²) in [6.45, 7) is 4.97. The molecule has 2 aliphatic rings. The number of likely N-dealkylation sites (tertiary alicyclic amines) is 1. The van der Waals surface area contributed by atoms with E-state index in [1.165, 1.54) is 0 Å². The number of amides is 5. The van der Waals surface area contributed by atoms with E-state index in [0.29, 0.717) is 63.8 Å². The number of carbonyl (C=O) groups is 5. The molecule has 3 aromatic carbocycles. The molecule has 294 valence electrons. The van der Waals surface area contributed by atoms with Crippen molar-refractivity contribution >= 4 is 35.4 Å². The molecule has 13 heteroatoms. The molecule has 55 heavy (non-hydrogen) atoms. The maximum absolute atomic E-state index is 14.1. The second-order valence-electron chi connectivity index (χ2n) is 15.0. The van der Waals surface area contributed by atoms with Crippen LogP contribution in [0.5, 0.6) is 0 Å². The Bertz CT molecular complexity index is 1760. The number of benzene rings is 3. The van der Waals surface area contributed by atoms with Gasteiger partial charge in [0.15, 0.2) is 0 Å². The lowest BCUT2D eigenvalue weighted by molar-refractivity contribution is -0.141. The van der Waals surface area contributed by atoms with E-state index in [-0.39, 0.29) is 24.7 Å². The van der Waals surface area contributed by atoms with Gasteiger partial charge in [-0.05, 0) is 61.8 Å². The highest BCUT2D eigenvalue weighted by molar-refractivity contribution is 5.95. The number of hydrogen-bond acceptors (Lipinski definition) is 8. The summed E-state index contributed by atoms with van der Waals surface area (Å²) in [6.07, 6.45) is 2.69. The lowest BCUT2D eigenvalue weighted by Gasteiger charge is -2.44. The Balaban J connectivity index is 1.28. The molecule has 8 N–H and O–H groups in total. The Morgan fingerprint density at radius 3 is 1.96 bits per heavy atom. The molecule has 5 rings (SSSR count). The average Bonchev–Trinajstić information content (AvgIpc) is 3.17. The fourth-order valence-electron chi connectivity index (χ4n) is 7.33. The van der Waals surface area contributed by atoms with Crippen LogP contribution in [0.3, 0.4) is 0 Å². The van der Waals surface area contributed by atoms with Crippen LogP contribution >= 0.6 is 0 Å². The minimum absolute atomic E-state index is 0.0118. The summed E-state index contributed by atoms with van der Waals surface area (Å²) in [4.78, 5) is 69.7. The largest absolute Gasteiger partial charge is 0.438 e. The van der Waals surface area contributed by atoms with Crippen LogP contribution in [0.4, 0.5) is 10.5 Å². The summed E-state index contributed by atoms with van der Waals surface area (Å²) in [5.41, 5.74) is 14.5. The number of anilines is 1. The van der Waals surface area contributed by atoms with Crippen LogP contribution < -0.4 is 32.7 Å². The maximum Gasteiger partial charge on any atom is 0.412 e. The number of unbranched alkanes of at least 4 members (excludes halogenated alkanes) is 1. The highest BCUT2D eigenvalue weighted by Crippen LogP contribution is 2.43. The van der Waals surface area contributed by atoms with Gasteiger partial charge in [-0.1, -0.05) is 92.7 Å². The molecular formula is C42H55N7O6. The topological polar surface area (TPSA) is 198 Å². The number of nitrogens with one attached hydrogen (secondary N) is 4. The summed E-state index contributed by atoms with van der Waals surface area (Å²) in [6, 6.07) is 22.4. The molecular weight excluding hydrogens is 699 g/mol. The Kier molecular flexibility index (Phi) is 14.4. The SMILES string of the molecule is CC(C)C[C@@H](NC(=O)[C@@H](Cc1ccccc1)NC(=O)[C@H](N)Cc1ccccc1)C(=O)N[C@H](CCCCN)C(=O)N1CCC2(CC1)OC(=O)Nc1ccccc12. The molecule has 0 saturated carbocycles. The van der Waals surface area contributed by atoms with Gasteiger partial charge in [-0.15, -0.1) is 0 Å². The normalized spacial score (nSPS) is 16.8. The van der Waals surface area contributed by atoms with Crippen molar-refractivity contribution in [1.29, 1.82) is 0 Å². The van der Waals surface area contributed by atoms with Crippen LogP contribution in [0.15, 0.2) is 84.9 Å². The van der Waals surface area contributed by atoms with Crippen LogP contribution in [0.25, 0.3) is 0 Å². The summed E-state index contributed by atoms with van der Waals surface area (Å²) >= 11 is 0. The highest BCUT2D eigenvalue weighted by Gasteiger charge is 2.45. The number of ether oxygens (including phenoxy) is 1. The average molecular weight is 754 g/mol. The number of piperidine rings is 1. The third kappa shape index (κ3) is 11.1. The maximum atomic E-state index is 14.1. The van der Waals surface area contributed by atoms with E-state index in [0.717, 1.165) is 16.7 Å². The van der Waals surface area contributed by atoms with Crippen molar-refractivity contribution in [2.75, 3.05) is 25.0 Å². The van der Waals surface area contributed by atoms with Gasteiger partial charge in [0, 0.05) is 37.9 Å². The molecule has 2 heterocycles. The first-order valence-corrected chi connectivity index (χ1v) is 19.3. The third-order valence-electron chi connectivity index (χ3n) is 10.3. The van der Waals surface area contributed by atoms with Gasteiger partial charge in [0.1, 0.15) is 23.7 Å². The Hall–Kier alpha value is -5.27. The third-order valence-corrected chi connectivity index (χ3v) is 10.3. The molecule has 1 spiro atoms. The Morgan fingerprint density at radius 1 is 0.764 bits per heavy atom. The number of para-hydroxylation sites is 1. The first-order chi connectivity index (χ1) is 26.5. The van der Waals surface area contributed by atoms with E-state index in [9.17, 15) is 24.0 Å². The minimum atomic E-state index is -1.02. The lowest BCUT2D eigenvalue weighted by Crippen LogP contribution is -2.59. The quantitative estimate of drug-likeness (QED) is 0.113. The van der Waals surface area contributed by atoms with Crippen molar-refractivity contribution in [3.63, 3.8) is 0 Å². The van der Waals surface area contributed by atoms with Crippen molar-refractivity contribution in [2.45, 2.75) is 95.0 Å². The van der Waals surface area contributed by atoms with Gasteiger partial charge in [0.05, 0.1) is 11.7 Å². The number of rotatable bonds is 17. The van der Waals surface area contributed by atoms with Crippen LogP contribution in [-0.4, -0.2) is 78.4 Å². The van der Waals surface area contributed by atoms with Gasteiger partial charge >= 0.3 is 6.09 Å². The predicted octanol–water partition coefficient (Wildman–Crippen LogP) is 3.51. The van der Waals surface area contributed by atoms with Crippen molar-refractivity contribution < 1.29 is 28.7 Å². The van der Waals surface area contributed by atoms with E-state index < -0.39 is 53.6 Å². The van der Waals surface area contributed by atoms with Gasteiger partial charge in [0.25, 0.3) is 0 Å². The number of nitrogens with two attached hydrogens (primary N) is 2. The fraction of sp³-hybridized carbons (Fsp3) is 0.452. The standard InChI is InChI=1S/C42H55N7O6/c1-28(2)25-35(47-39(52)36(27-30-15-7-4-8-16-30)46-37(50)32(44)26-29-13-5-3-6-14-29)38(51)45-34(19-11-12-22-43)40(53)49-23-20-42(21-24-49)31-17-9-10-18-33(31)48-41(54)55-42/h3-10,13-18,28,32,34-36H,11-12,19-27,43-44H2,1-2H3,(H,45,51)(H,46,50)(H,47,52)(H,48,54)/t32-,34-,35-,36-/m1/s1. The Labute approximate surface area is 323 Å². The molecule has 0 radical (unpaired) electrons. The van der Waals surface area contributed by atoms with E-state index in [1.54, 1.807) is 4.90 Å². The predicted molar refractivity (Wildman–Crippen MR) is 210 cm³/mol. The summed E-state index contributed by atoms with van der Waals surface area (Å²) in [7, 11) is 0. The number of carbonyl (C=O) groups excluding carboxylic acids is 5. The first kappa shape index (κ1) is 40.9. The number of nitrogens with zero attached hydrogens (tertiary/aromatic N) is 1. The van der Waals surface area contributed by atoms with Gasteiger partial charge in [-0.3, -0.25) is 24.5 Å². The van der Waals surface area contributed by atoms with Gasteiger partial charge < -0.3 is 37.1 Å². The second-order valence-corrected chi connectivity index (χ2v) is 15.0. The molecule has 4 atom stereocenters. The Morgan fingerprint density at radius 2 is 1.33 bits per heavy atom. The molecule has 0 bridgehead atoms. The zero-order valence-electron chi connectivity index (χ0n) is 31.8. The molecule has 0 aromatic heterocycles. The van der Waals surface area contributed by atoms with Crippen LogP contribution in [-0.2, 0) is 42.4 Å².